The molecule has 1 N–H and O–H groups in total. The molecule has 0 spiro atoms. The van der Waals surface area contributed by atoms with Gasteiger partial charge in [-0.2, -0.15) is 0 Å². The molecule has 84 valence electrons. The molecule has 0 bridgehead atoms. The summed E-state index contributed by atoms with van der Waals surface area (Å²) in [5, 5.41) is 8.67. The summed E-state index contributed by atoms with van der Waals surface area (Å²) in [5.74, 6) is -0.847. The van der Waals surface area contributed by atoms with Gasteiger partial charge in [0.05, 0.1) is 6.42 Å². The molecule has 2 fully saturated rings. The SMILES string of the molecule is CC(CC(=O)O)N1CCN(C2CC2)C1=O. The second kappa shape index (κ2) is 3.72. The van der Waals surface area contributed by atoms with Gasteiger partial charge in [-0.3, -0.25) is 4.79 Å². The van der Waals surface area contributed by atoms with Gasteiger partial charge in [0.25, 0.3) is 0 Å². The van der Waals surface area contributed by atoms with Gasteiger partial charge in [0.2, 0.25) is 0 Å². The molecule has 1 heterocycles. The van der Waals surface area contributed by atoms with Crippen molar-refractivity contribution in [2.24, 2.45) is 0 Å². The van der Waals surface area contributed by atoms with E-state index in [0.29, 0.717) is 12.6 Å². The van der Waals surface area contributed by atoms with Crippen LogP contribution < -0.4 is 0 Å². The first-order chi connectivity index (χ1) is 7.09. The van der Waals surface area contributed by atoms with Crippen molar-refractivity contribution in [2.75, 3.05) is 13.1 Å². The number of urea groups is 1. The van der Waals surface area contributed by atoms with Crippen molar-refractivity contribution < 1.29 is 14.7 Å². The Hall–Kier alpha value is -1.26. The van der Waals surface area contributed by atoms with Crippen molar-refractivity contribution in [1.82, 2.24) is 9.80 Å². The number of carbonyl (C=O) groups is 2. The number of rotatable bonds is 4. The van der Waals surface area contributed by atoms with E-state index in [1.807, 2.05) is 4.90 Å². The zero-order valence-corrected chi connectivity index (χ0v) is 8.85. The molecule has 15 heavy (non-hydrogen) atoms. The highest BCUT2D eigenvalue weighted by Gasteiger charge is 2.40. The second-order valence-electron chi connectivity index (χ2n) is 4.35. The molecule has 1 aliphatic heterocycles. The second-order valence-corrected chi connectivity index (χ2v) is 4.35. The minimum Gasteiger partial charge on any atom is -0.481 e. The zero-order valence-electron chi connectivity index (χ0n) is 8.85. The lowest BCUT2D eigenvalue weighted by Gasteiger charge is -2.23. The molecule has 1 saturated heterocycles. The van der Waals surface area contributed by atoms with Crippen LogP contribution in [-0.2, 0) is 4.79 Å². The van der Waals surface area contributed by atoms with Crippen LogP contribution in [0.25, 0.3) is 0 Å². The van der Waals surface area contributed by atoms with Crippen molar-refractivity contribution in [2.45, 2.75) is 38.3 Å². The van der Waals surface area contributed by atoms with E-state index in [1.54, 1.807) is 11.8 Å². The van der Waals surface area contributed by atoms with Gasteiger partial charge in [0, 0.05) is 25.2 Å². The van der Waals surface area contributed by atoms with Crippen molar-refractivity contribution in [3.63, 3.8) is 0 Å². The zero-order chi connectivity index (χ0) is 11.0. The summed E-state index contributed by atoms with van der Waals surface area (Å²) in [6.07, 6.45) is 2.24. The van der Waals surface area contributed by atoms with E-state index < -0.39 is 5.97 Å². The summed E-state index contributed by atoms with van der Waals surface area (Å²) < 4.78 is 0. The van der Waals surface area contributed by atoms with Crippen LogP contribution in [-0.4, -0.2) is 52.1 Å². The molecule has 0 radical (unpaired) electrons. The van der Waals surface area contributed by atoms with Crippen LogP contribution in [0, 0.1) is 0 Å². The summed E-state index contributed by atoms with van der Waals surface area (Å²) in [5.41, 5.74) is 0. The molecule has 0 aromatic heterocycles. The van der Waals surface area contributed by atoms with Crippen molar-refractivity contribution in [3.8, 4) is 0 Å². The van der Waals surface area contributed by atoms with E-state index >= 15 is 0 Å². The van der Waals surface area contributed by atoms with E-state index in [0.717, 1.165) is 19.4 Å². The van der Waals surface area contributed by atoms with Crippen LogP contribution in [0.4, 0.5) is 4.79 Å². The Balaban J connectivity index is 1.93. The number of nitrogens with zero attached hydrogens (tertiary/aromatic N) is 2. The maximum Gasteiger partial charge on any atom is 0.320 e. The van der Waals surface area contributed by atoms with E-state index in [9.17, 15) is 9.59 Å². The van der Waals surface area contributed by atoms with Crippen LogP contribution in [0.1, 0.15) is 26.2 Å². The van der Waals surface area contributed by atoms with Crippen LogP contribution >= 0.6 is 0 Å². The Morgan fingerprint density at radius 1 is 1.53 bits per heavy atom. The lowest BCUT2D eigenvalue weighted by Crippen LogP contribution is -2.39. The molecule has 2 amide bonds. The Labute approximate surface area is 88.6 Å². The lowest BCUT2D eigenvalue weighted by molar-refractivity contribution is -0.137. The average molecular weight is 212 g/mol. The molecular formula is C10H16N2O3. The molecule has 0 aromatic carbocycles. The lowest BCUT2D eigenvalue weighted by atomic mass is 10.2. The quantitative estimate of drug-likeness (QED) is 0.748. The molecule has 5 heteroatoms. The largest absolute Gasteiger partial charge is 0.481 e. The molecule has 2 aliphatic rings. The fourth-order valence-corrected chi connectivity index (χ4v) is 2.07. The van der Waals surface area contributed by atoms with E-state index in [1.165, 1.54) is 0 Å². The summed E-state index contributed by atoms with van der Waals surface area (Å²) in [7, 11) is 0. The Morgan fingerprint density at radius 2 is 2.20 bits per heavy atom. The summed E-state index contributed by atoms with van der Waals surface area (Å²) in [6, 6.07) is 0.254. The number of carboxylic acid groups (broad SMARTS) is 1. The molecule has 1 atom stereocenters. The van der Waals surface area contributed by atoms with Gasteiger partial charge < -0.3 is 14.9 Å². The molecule has 1 saturated carbocycles. The number of hydrogen-bond donors (Lipinski definition) is 1. The summed E-state index contributed by atoms with van der Waals surface area (Å²) in [6.45, 7) is 3.22. The third kappa shape index (κ3) is 2.06. The minimum atomic E-state index is -0.847. The fourth-order valence-electron chi connectivity index (χ4n) is 2.07. The molecule has 0 aromatic rings. The molecule has 1 unspecified atom stereocenters. The van der Waals surface area contributed by atoms with Crippen molar-refractivity contribution in [1.29, 1.82) is 0 Å². The standard InChI is InChI=1S/C10H16N2O3/c1-7(6-9(13)14)11-4-5-12(10(11)15)8-2-3-8/h7-8H,2-6H2,1H3,(H,13,14). The van der Waals surface area contributed by atoms with Crippen molar-refractivity contribution >= 4 is 12.0 Å². The first-order valence-corrected chi connectivity index (χ1v) is 5.38. The molecule has 5 nitrogen and oxygen atoms in total. The van der Waals surface area contributed by atoms with Gasteiger partial charge in [-0.05, 0) is 19.8 Å². The van der Waals surface area contributed by atoms with Crippen LogP contribution in [0.15, 0.2) is 0 Å². The van der Waals surface area contributed by atoms with E-state index in [-0.39, 0.29) is 18.5 Å². The molecular weight excluding hydrogens is 196 g/mol. The van der Waals surface area contributed by atoms with Gasteiger partial charge in [-0.1, -0.05) is 0 Å². The summed E-state index contributed by atoms with van der Waals surface area (Å²) >= 11 is 0. The van der Waals surface area contributed by atoms with Gasteiger partial charge in [-0.25, -0.2) is 4.79 Å². The maximum absolute atomic E-state index is 11.9. The molecule has 2 rings (SSSR count). The Kier molecular flexibility index (Phi) is 2.54. The van der Waals surface area contributed by atoms with E-state index in [2.05, 4.69) is 0 Å². The Bertz CT molecular complexity index is 288. The molecule has 1 aliphatic carbocycles. The minimum absolute atomic E-state index is 0.0197. The first kappa shape index (κ1) is 10.3. The number of hydrogen-bond acceptors (Lipinski definition) is 2. The number of carboxylic acids is 1. The number of carbonyl (C=O) groups excluding carboxylic acids is 1. The smallest absolute Gasteiger partial charge is 0.320 e. The van der Waals surface area contributed by atoms with Gasteiger partial charge in [-0.15, -0.1) is 0 Å². The maximum atomic E-state index is 11.9. The first-order valence-electron chi connectivity index (χ1n) is 5.38. The van der Waals surface area contributed by atoms with E-state index in [4.69, 9.17) is 5.11 Å². The number of amides is 2. The average Bonchev–Trinajstić information content (AvgIpc) is 2.89. The predicted octanol–water partition coefficient (Wildman–Crippen LogP) is 0.750. The fraction of sp³-hybridized carbons (Fsp3) is 0.800. The highest BCUT2D eigenvalue weighted by atomic mass is 16.4. The monoisotopic (exact) mass is 212 g/mol. The van der Waals surface area contributed by atoms with Crippen molar-refractivity contribution in [3.05, 3.63) is 0 Å². The highest BCUT2D eigenvalue weighted by molar-refractivity contribution is 5.78. The highest BCUT2D eigenvalue weighted by Crippen LogP contribution is 2.30. The predicted molar refractivity (Wildman–Crippen MR) is 53.5 cm³/mol. The Morgan fingerprint density at radius 3 is 2.73 bits per heavy atom. The van der Waals surface area contributed by atoms with Crippen LogP contribution in [0.5, 0.6) is 0 Å². The van der Waals surface area contributed by atoms with Gasteiger partial charge in [0.15, 0.2) is 0 Å². The number of aliphatic carboxylic acids is 1. The topological polar surface area (TPSA) is 60.9 Å². The summed E-state index contributed by atoms with van der Waals surface area (Å²) in [4.78, 5) is 26.0. The third-order valence-corrected chi connectivity index (χ3v) is 3.06. The normalized spacial score (nSPS) is 23.4. The van der Waals surface area contributed by atoms with Crippen LogP contribution in [0.2, 0.25) is 0 Å². The third-order valence-electron chi connectivity index (χ3n) is 3.06. The van der Waals surface area contributed by atoms with Crippen LogP contribution in [0.3, 0.4) is 0 Å². The van der Waals surface area contributed by atoms with Gasteiger partial charge >= 0.3 is 12.0 Å². The van der Waals surface area contributed by atoms with Gasteiger partial charge in [0.1, 0.15) is 0 Å².